The van der Waals surface area contributed by atoms with Crippen LogP contribution in [0.25, 0.3) is 6.08 Å². The zero-order chi connectivity index (χ0) is 20.8. The van der Waals surface area contributed by atoms with Crippen LogP contribution in [0.15, 0.2) is 58.1 Å². The summed E-state index contributed by atoms with van der Waals surface area (Å²) < 4.78 is 5.93. The van der Waals surface area contributed by atoms with Gasteiger partial charge in [-0.15, -0.1) is 0 Å². The number of hydrogen-bond donors (Lipinski definition) is 1. The van der Waals surface area contributed by atoms with Gasteiger partial charge in [-0.05, 0) is 37.9 Å². The molecule has 1 aromatic carbocycles. The minimum Gasteiger partial charge on any atom is -0.468 e. The number of carbonyl (C=O) groups is 2. The number of likely N-dealkylation sites (N-methyl/N-ethyl adjacent to an activating group) is 1. The van der Waals surface area contributed by atoms with Crippen LogP contribution in [-0.4, -0.2) is 53.1 Å². The lowest BCUT2D eigenvalue weighted by Crippen LogP contribution is -2.37. The quantitative estimate of drug-likeness (QED) is 0.513. The molecule has 0 saturated carbocycles. The molecule has 2 amide bonds. The van der Waals surface area contributed by atoms with Crippen molar-refractivity contribution in [3.05, 3.63) is 65.0 Å². The van der Waals surface area contributed by atoms with E-state index in [2.05, 4.69) is 5.32 Å². The first-order chi connectivity index (χ1) is 14.0. The zero-order valence-electron chi connectivity index (χ0n) is 16.3. The average molecular weight is 430 g/mol. The van der Waals surface area contributed by atoms with Crippen LogP contribution in [0, 0.1) is 0 Å². The van der Waals surface area contributed by atoms with Crippen molar-refractivity contribution >= 4 is 46.2 Å². The number of hydrogen-bond acceptors (Lipinski definition) is 6. The summed E-state index contributed by atoms with van der Waals surface area (Å²) in [4.78, 5) is 29.0. The molecule has 2 aromatic rings. The van der Waals surface area contributed by atoms with Crippen LogP contribution in [0.3, 0.4) is 0 Å². The molecule has 0 radical (unpaired) electrons. The molecule has 1 fully saturated rings. The summed E-state index contributed by atoms with van der Waals surface area (Å²) in [5, 5.41) is 2.91. The minimum absolute atomic E-state index is 0.0561. The number of rotatable bonds is 8. The second-order valence-electron chi connectivity index (χ2n) is 6.79. The lowest BCUT2D eigenvalue weighted by molar-refractivity contribution is -0.124. The summed E-state index contributed by atoms with van der Waals surface area (Å²) in [6, 6.07) is 13.3. The molecule has 1 aliphatic rings. The number of benzene rings is 1. The van der Waals surface area contributed by atoms with E-state index in [1.165, 1.54) is 16.7 Å². The van der Waals surface area contributed by atoms with Crippen molar-refractivity contribution in [1.29, 1.82) is 0 Å². The Morgan fingerprint density at radius 3 is 2.69 bits per heavy atom. The predicted molar refractivity (Wildman–Crippen MR) is 119 cm³/mol. The molecule has 0 aliphatic carbocycles. The molecule has 6 nitrogen and oxygen atoms in total. The van der Waals surface area contributed by atoms with Crippen molar-refractivity contribution in [2.75, 3.05) is 27.2 Å². The number of furan rings is 1. The van der Waals surface area contributed by atoms with Crippen molar-refractivity contribution in [1.82, 2.24) is 15.1 Å². The number of thiocarbonyl (C=S) groups is 1. The molecular weight excluding hydrogens is 406 g/mol. The van der Waals surface area contributed by atoms with Crippen LogP contribution in [0.4, 0.5) is 0 Å². The summed E-state index contributed by atoms with van der Waals surface area (Å²) >= 11 is 6.60. The molecule has 1 aromatic heterocycles. The highest BCUT2D eigenvalue weighted by molar-refractivity contribution is 8.26. The molecule has 1 N–H and O–H groups in total. The van der Waals surface area contributed by atoms with Gasteiger partial charge in [-0.1, -0.05) is 54.3 Å². The van der Waals surface area contributed by atoms with Gasteiger partial charge in [-0.3, -0.25) is 19.4 Å². The van der Waals surface area contributed by atoms with E-state index in [1.807, 2.05) is 67.5 Å². The Morgan fingerprint density at radius 2 is 2.03 bits per heavy atom. The number of amides is 2. The van der Waals surface area contributed by atoms with Crippen molar-refractivity contribution in [2.24, 2.45) is 0 Å². The number of thioether (sulfide) groups is 1. The van der Waals surface area contributed by atoms with Gasteiger partial charge in [0.25, 0.3) is 5.91 Å². The smallest absolute Gasteiger partial charge is 0.266 e. The first-order valence-corrected chi connectivity index (χ1v) is 10.4. The summed E-state index contributed by atoms with van der Waals surface area (Å²) in [6.07, 6.45) is 3.62. The maximum Gasteiger partial charge on any atom is 0.266 e. The van der Waals surface area contributed by atoms with E-state index in [0.29, 0.717) is 15.8 Å². The minimum atomic E-state index is -0.154. The fourth-order valence-corrected chi connectivity index (χ4v) is 4.23. The SMILES string of the molecule is CN(C)C(CNC(=O)CCN1C(=O)/C(=C/c2ccccc2)SC1=S)c1ccco1. The Hall–Kier alpha value is -2.42. The third-order valence-electron chi connectivity index (χ3n) is 4.52. The molecule has 1 saturated heterocycles. The van der Waals surface area contributed by atoms with E-state index in [-0.39, 0.29) is 30.8 Å². The molecule has 0 bridgehead atoms. The number of carbonyl (C=O) groups excluding carboxylic acids is 2. The van der Waals surface area contributed by atoms with Crippen LogP contribution in [0.5, 0.6) is 0 Å². The third-order valence-corrected chi connectivity index (χ3v) is 5.90. The first-order valence-electron chi connectivity index (χ1n) is 9.22. The fraction of sp³-hybridized carbons (Fsp3) is 0.286. The number of nitrogens with one attached hydrogen (secondary N) is 1. The van der Waals surface area contributed by atoms with Crippen LogP contribution in [0.2, 0.25) is 0 Å². The molecule has 29 heavy (non-hydrogen) atoms. The summed E-state index contributed by atoms with van der Waals surface area (Å²) in [6.45, 7) is 0.682. The monoisotopic (exact) mass is 429 g/mol. The standard InChI is InChI=1S/C21H23N3O3S2/c1-23(2)16(17-9-6-12-27-17)14-22-19(25)10-11-24-20(26)18(29-21(24)28)13-15-7-4-3-5-8-15/h3-9,12-13,16H,10-11,14H2,1-2H3,(H,22,25)/b18-13-. The van der Waals surface area contributed by atoms with Crippen molar-refractivity contribution in [3.63, 3.8) is 0 Å². The molecule has 8 heteroatoms. The summed E-state index contributed by atoms with van der Waals surface area (Å²) in [5.41, 5.74) is 0.943. The zero-order valence-corrected chi connectivity index (χ0v) is 18.0. The number of nitrogens with zero attached hydrogens (tertiary/aromatic N) is 2. The lowest BCUT2D eigenvalue weighted by Gasteiger charge is -2.23. The van der Waals surface area contributed by atoms with E-state index in [0.717, 1.165) is 11.3 Å². The molecule has 1 unspecified atom stereocenters. The van der Waals surface area contributed by atoms with Crippen LogP contribution in [0.1, 0.15) is 23.8 Å². The van der Waals surface area contributed by atoms with Gasteiger partial charge in [-0.25, -0.2) is 0 Å². The van der Waals surface area contributed by atoms with E-state index < -0.39 is 0 Å². The fourth-order valence-electron chi connectivity index (χ4n) is 2.92. The van der Waals surface area contributed by atoms with Crippen molar-refractivity contribution in [3.8, 4) is 0 Å². The van der Waals surface area contributed by atoms with E-state index in [1.54, 1.807) is 6.26 Å². The predicted octanol–water partition coefficient (Wildman–Crippen LogP) is 3.29. The second-order valence-corrected chi connectivity index (χ2v) is 8.47. The van der Waals surface area contributed by atoms with Gasteiger partial charge >= 0.3 is 0 Å². The van der Waals surface area contributed by atoms with Gasteiger partial charge in [0.15, 0.2) is 0 Å². The van der Waals surface area contributed by atoms with Gasteiger partial charge in [0.05, 0.1) is 17.2 Å². The lowest BCUT2D eigenvalue weighted by atomic mass is 10.2. The Bertz CT molecular complexity index is 895. The Kier molecular flexibility index (Phi) is 7.24. The summed E-state index contributed by atoms with van der Waals surface area (Å²) in [7, 11) is 3.86. The van der Waals surface area contributed by atoms with Crippen LogP contribution >= 0.6 is 24.0 Å². The van der Waals surface area contributed by atoms with E-state index >= 15 is 0 Å². The molecule has 2 heterocycles. The Morgan fingerprint density at radius 1 is 1.28 bits per heavy atom. The van der Waals surface area contributed by atoms with Gasteiger partial charge in [0, 0.05) is 19.5 Å². The maximum atomic E-state index is 12.6. The molecule has 0 spiro atoms. The largest absolute Gasteiger partial charge is 0.468 e. The van der Waals surface area contributed by atoms with Crippen molar-refractivity contribution in [2.45, 2.75) is 12.5 Å². The average Bonchev–Trinajstić information content (AvgIpc) is 3.30. The highest BCUT2D eigenvalue weighted by Crippen LogP contribution is 2.32. The highest BCUT2D eigenvalue weighted by Gasteiger charge is 2.32. The first kappa shape index (κ1) is 21.3. The Labute approximate surface area is 179 Å². The third kappa shape index (κ3) is 5.56. The van der Waals surface area contributed by atoms with Crippen LogP contribution < -0.4 is 5.32 Å². The molecule has 152 valence electrons. The highest BCUT2D eigenvalue weighted by atomic mass is 32.2. The topological polar surface area (TPSA) is 65.8 Å². The van der Waals surface area contributed by atoms with E-state index in [9.17, 15) is 9.59 Å². The summed E-state index contributed by atoms with van der Waals surface area (Å²) in [5.74, 6) is 0.501. The van der Waals surface area contributed by atoms with Crippen LogP contribution in [-0.2, 0) is 9.59 Å². The van der Waals surface area contributed by atoms with Crippen molar-refractivity contribution < 1.29 is 14.0 Å². The maximum absolute atomic E-state index is 12.6. The molecular formula is C21H23N3O3S2. The van der Waals surface area contributed by atoms with Gasteiger partial charge in [0.2, 0.25) is 5.91 Å². The molecule has 3 rings (SSSR count). The van der Waals surface area contributed by atoms with Gasteiger partial charge in [-0.2, -0.15) is 0 Å². The van der Waals surface area contributed by atoms with Gasteiger partial charge in [0.1, 0.15) is 10.1 Å². The molecule has 1 atom stereocenters. The van der Waals surface area contributed by atoms with E-state index in [4.69, 9.17) is 16.6 Å². The van der Waals surface area contributed by atoms with Gasteiger partial charge < -0.3 is 9.73 Å². The molecule has 1 aliphatic heterocycles. The normalized spacial score (nSPS) is 16.7. The second kappa shape index (κ2) is 9.87. The Balaban J connectivity index is 1.53.